The van der Waals surface area contributed by atoms with Gasteiger partial charge in [-0.15, -0.1) is 0 Å². The maximum absolute atomic E-state index is 12.6. The zero-order valence-corrected chi connectivity index (χ0v) is 17.4. The molecule has 0 unspecified atom stereocenters. The second-order valence-corrected chi connectivity index (χ2v) is 7.44. The molecule has 1 aliphatic heterocycles. The lowest BCUT2D eigenvalue weighted by molar-refractivity contribution is -0.131. The molecule has 7 heteroatoms. The van der Waals surface area contributed by atoms with Crippen LogP contribution in [-0.4, -0.2) is 50.1 Å². The number of methoxy groups -OCH3 is 2. The summed E-state index contributed by atoms with van der Waals surface area (Å²) in [6.45, 7) is 1.24. The summed E-state index contributed by atoms with van der Waals surface area (Å²) in [4.78, 5) is 26.9. The number of amides is 2. The summed E-state index contributed by atoms with van der Waals surface area (Å²) in [6, 6.07) is 12.5. The average molecular weight is 417 g/mol. The molecule has 1 N–H and O–H groups in total. The van der Waals surface area contributed by atoms with Gasteiger partial charge >= 0.3 is 0 Å². The fraction of sp³-hybridized carbons (Fsp3) is 0.364. The number of likely N-dealkylation sites (tertiary alicyclic amines) is 1. The van der Waals surface area contributed by atoms with E-state index in [1.807, 2.05) is 23.1 Å². The van der Waals surface area contributed by atoms with Gasteiger partial charge < -0.3 is 19.7 Å². The monoisotopic (exact) mass is 416 g/mol. The van der Waals surface area contributed by atoms with Gasteiger partial charge in [-0.1, -0.05) is 23.7 Å². The van der Waals surface area contributed by atoms with E-state index in [-0.39, 0.29) is 17.9 Å². The lowest BCUT2D eigenvalue weighted by atomic mass is 10.0. The lowest BCUT2D eigenvalue weighted by Crippen LogP contribution is -2.47. The Hall–Kier alpha value is -2.73. The van der Waals surface area contributed by atoms with E-state index < -0.39 is 0 Å². The molecule has 154 valence electrons. The number of hydrogen-bond acceptors (Lipinski definition) is 4. The summed E-state index contributed by atoms with van der Waals surface area (Å²) in [5.74, 6) is 1.02. The van der Waals surface area contributed by atoms with Crippen LogP contribution in [0, 0.1) is 0 Å². The summed E-state index contributed by atoms with van der Waals surface area (Å²) < 4.78 is 10.5. The van der Waals surface area contributed by atoms with Crippen LogP contribution in [0.4, 0.5) is 0 Å². The summed E-state index contributed by atoms with van der Waals surface area (Å²) in [5.41, 5.74) is 1.42. The Kier molecular flexibility index (Phi) is 6.99. The second kappa shape index (κ2) is 9.65. The van der Waals surface area contributed by atoms with Gasteiger partial charge in [0, 0.05) is 29.7 Å². The van der Waals surface area contributed by atoms with Gasteiger partial charge in [-0.3, -0.25) is 9.59 Å². The molecule has 6 nitrogen and oxygen atoms in total. The van der Waals surface area contributed by atoms with Crippen molar-refractivity contribution in [2.45, 2.75) is 25.3 Å². The number of carbonyl (C=O) groups excluding carboxylic acids is 2. The summed E-state index contributed by atoms with van der Waals surface area (Å²) in [6.07, 6.45) is 1.78. The predicted octanol–water partition coefficient (Wildman–Crippen LogP) is 3.32. The van der Waals surface area contributed by atoms with E-state index >= 15 is 0 Å². The first-order valence-electron chi connectivity index (χ1n) is 9.55. The number of rotatable bonds is 6. The highest BCUT2D eigenvalue weighted by Crippen LogP contribution is 2.27. The fourth-order valence-electron chi connectivity index (χ4n) is 3.45. The first-order valence-corrected chi connectivity index (χ1v) is 9.93. The zero-order chi connectivity index (χ0) is 20.8. The third-order valence-electron chi connectivity index (χ3n) is 5.07. The first-order chi connectivity index (χ1) is 14.0. The third-order valence-corrected chi connectivity index (χ3v) is 5.31. The van der Waals surface area contributed by atoms with Crippen LogP contribution in [0.25, 0.3) is 0 Å². The van der Waals surface area contributed by atoms with Crippen molar-refractivity contribution in [2.24, 2.45) is 0 Å². The molecular formula is C22H25ClN2O4. The molecule has 29 heavy (non-hydrogen) atoms. The van der Waals surface area contributed by atoms with E-state index in [1.165, 1.54) is 7.11 Å². The molecule has 1 fully saturated rings. The molecule has 0 saturated carbocycles. The van der Waals surface area contributed by atoms with Crippen molar-refractivity contribution in [3.8, 4) is 11.5 Å². The van der Waals surface area contributed by atoms with E-state index in [0.717, 1.165) is 18.4 Å². The normalized spacial score (nSPS) is 14.4. The maximum Gasteiger partial charge on any atom is 0.251 e. The summed E-state index contributed by atoms with van der Waals surface area (Å²) in [7, 11) is 3.09. The minimum absolute atomic E-state index is 0.0332. The molecule has 3 rings (SSSR count). The van der Waals surface area contributed by atoms with Gasteiger partial charge in [-0.25, -0.2) is 0 Å². The van der Waals surface area contributed by atoms with Crippen molar-refractivity contribution in [3.63, 3.8) is 0 Å². The number of carbonyl (C=O) groups is 2. The van der Waals surface area contributed by atoms with Gasteiger partial charge in [0.2, 0.25) is 5.91 Å². The van der Waals surface area contributed by atoms with Crippen molar-refractivity contribution in [2.75, 3.05) is 27.3 Å². The van der Waals surface area contributed by atoms with E-state index in [2.05, 4.69) is 5.32 Å². The predicted molar refractivity (Wildman–Crippen MR) is 112 cm³/mol. The fourth-order valence-corrected chi connectivity index (χ4v) is 3.67. The SMILES string of the molecule is COc1ccc(C(=O)NC2CCN(C(=O)Cc3cccc(Cl)c3)CC2)cc1OC. The average Bonchev–Trinajstić information content (AvgIpc) is 2.73. The van der Waals surface area contributed by atoms with Gasteiger partial charge in [0.1, 0.15) is 0 Å². The molecule has 1 aliphatic rings. The largest absolute Gasteiger partial charge is 0.493 e. The second-order valence-electron chi connectivity index (χ2n) is 7.00. The first kappa shape index (κ1) is 21.0. The number of benzene rings is 2. The Balaban J connectivity index is 1.51. The highest BCUT2D eigenvalue weighted by atomic mass is 35.5. The highest BCUT2D eigenvalue weighted by Gasteiger charge is 2.24. The van der Waals surface area contributed by atoms with Crippen LogP contribution >= 0.6 is 11.6 Å². The third kappa shape index (κ3) is 5.41. The van der Waals surface area contributed by atoms with Crippen molar-refractivity contribution >= 4 is 23.4 Å². The van der Waals surface area contributed by atoms with Crippen LogP contribution in [0.3, 0.4) is 0 Å². The van der Waals surface area contributed by atoms with Crippen LogP contribution in [-0.2, 0) is 11.2 Å². The number of piperidine rings is 1. The molecule has 0 radical (unpaired) electrons. The molecule has 0 bridgehead atoms. The Bertz CT molecular complexity index is 879. The van der Waals surface area contributed by atoms with Gasteiger partial charge in [0.05, 0.1) is 20.6 Å². The molecule has 0 aromatic heterocycles. The topological polar surface area (TPSA) is 67.9 Å². The van der Waals surface area contributed by atoms with Gasteiger partial charge in [0.15, 0.2) is 11.5 Å². The Morgan fingerprint density at radius 1 is 1.07 bits per heavy atom. The van der Waals surface area contributed by atoms with Crippen LogP contribution < -0.4 is 14.8 Å². The zero-order valence-electron chi connectivity index (χ0n) is 16.6. The minimum Gasteiger partial charge on any atom is -0.493 e. The Morgan fingerprint density at radius 3 is 2.45 bits per heavy atom. The molecule has 2 aromatic carbocycles. The summed E-state index contributed by atoms with van der Waals surface area (Å²) >= 11 is 5.99. The van der Waals surface area contributed by atoms with Gasteiger partial charge in [0.25, 0.3) is 5.91 Å². The summed E-state index contributed by atoms with van der Waals surface area (Å²) in [5, 5.41) is 3.68. The molecule has 2 amide bonds. The van der Waals surface area contributed by atoms with Crippen LogP contribution in [0.1, 0.15) is 28.8 Å². The molecule has 1 heterocycles. The van der Waals surface area contributed by atoms with Crippen molar-refractivity contribution < 1.29 is 19.1 Å². The quantitative estimate of drug-likeness (QED) is 0.784. The highest BCUT2D eigenvalue weighted by molar-refractivity contribution is 6.30. The Labute approximate surface area is 175 Å². The molecular weight excluding hydrogens is 392 g/mol. The molecule has 1 saturated heterocycles. The number of halogens is 1. The molecule has 0 spiro atoms. The molecule has 2 aromatic rings. The van der Waals surface area contributed by atoms with E-state index in [0.29, 0.717) is 41.6 Å². The van der Waals surface area contributed by atoms with Crippen LogP contribution in [0.2, 0.25) is 5.02 Å². The number of ether oxygens (including phenoxy) is 2. The van der Waals surface area contributed by atoms with Gasteiger partial charge in [-0.05, 0) is 48.7 Å². The van der Waals surface area contributed by atoms with Crippen molar-refractivity contribution in [3.05, 3.63) is 58.6 Å². The van der Waals surface area contributed by atoms with Crippen LogP contribution in [0.15, 0.2) is 42.5 Å². The molecule has 0 aliphatic carbocycles. The van der Waals surface area contributed by atoms with Crippen molar-refractivity contribution in [1.82, 2.24) is 10.2 Å². The number of hydrogen-bond donors (Lipinski definition) is 1. The molecule has 0 atom stereocenters. The van der Waals surface area contributed by atoms with E-state index in [1.54, 1.807) is 31.4 Å². The van der Waals surface area contributed by atoms with Gasteiger partial charge in [-0.2, -0.15) is 0 Å². The number of nitrogens with one attached hydrogen (secondary N) is 1. The standard InChI is InChI=1S/C22H25ClN2O4/c1-28-19-7-6-16(14-20(19)29-2)22(27)24-18-8-10-25(11-9-18)21(26)13-15-4-3-5-17(23)12-15/h3-7,12,14,18H,8-11,13H2,1-2H3,(H,24,27). The maximum atomic E-state index is 12.6. The lowest BCUT2D eigenvalue weighted by Gasteiger charge is -2.32. The van der Waals surface area contributed by atoms with E-state index in [4.69, 9.17) is 21.1 Å². The van der Waals surface area contributed by atoms with E-state index in [9.17, 15) is 9.59 Å². The number of nitrogens with zero attached hydrogens (tertiary/aromatic N) is 1. The van der Waals surface area contributed by atoms with Crippen LogP contribution in [0.5, 0.6) is 11.5 Å². The smallest absolute Gasteiger partial charge is 0.251 e. The van der Waals surface area contributed by atoms with Crippen molar-refractivity contribution in [1.29, 1.82) is 0 Å². The Morgan fingerprint density at radius 2 is 1.79 bits per heavy atom. The minimum atomic E-state index is -0.158.